The molecule has 0 saturated carbocycles. The highest BCUT2D eigenvalue weighted by Crippen LogP contribution is 2.38. The lowest BCUT2D eigenvalue weighted by Crippen LogP contribution is -2.27. The highest BCUT2D eigenvalue weighted by Gasteiger charge is 2.36. The lowest BCUT2D eigenvalue weighted by molar-refractivity contribution is -0.116. The molecule has 190 valence electrons. The van der Waals surface area contributed by atoms with Crippen LogP contribution in [-0.4, -0.2) is 28.4 Å². The third-order valence-corrected chi connectivity index (χ3v) is 7.48. The summed E-state index contributed by atoms with van der Waals surface area (Å²) in [5.41, 5.74) is 3.42. The van der Waals surface area contributed by atoms with Gasteiger partial charge in [-0.2, -0.15) is 0 Å². The van der Waals surface area contributed by atoms with Crippen LogP contribution in [0.2, 0.25) is 5.02 Å². The van der Waals surface area contributed by atoms with E-state index in [9.17, 15) is 14.4 Å². The van der Waals surface area contributed by atoms with Crippen LogP contribution < -0.4 is 19.7 Å². The topological polar surface area (TPSA) is 89.9 Å². The fourth-order valence-corrected chi connectivity index (χ4v) is 5.61. The maximum atomic E-state index is 13.2. The van der Waals surface area contributed by atoms with E-state index in [1.54, 1.807) is 48.5 Å². The van der Waals surface area contributed by atoms with Gasteiger partial charge in [0.05, 0.1) is 10.6 Å². The van der Waals surface area contributed by atoms with Gasteiger partial charge in [-0.1, -0.05) is 35.9 Å². The Morgan fingerprint density at radius 3 is 2.71 bits per heavy atom. The summed E-state index contributed by atoms with van der Waals surface area (Å²) in [6, 6.07) is 19.5. The number of fused-ring (bicyclic) bond motifs is 2. The van der Waals surface area contributed by atoms with Crippen LogP contribution in [0.3, 0.4) is 0 Å². The first-order valence-corrected chi connectivity index (χ1v) is 12.9. The number of carbonyl (C=O) groups is 3. The molecular weight excluding hydrogens is 526 g/mol. The molecule has 0 radical (unpaired) electrons. The molecule has 1 aromatic heterocycles. The van der Waals surface area contributed by atoms with E-state index >= 15 is 0 Å². The number of ether oxygens (including phenoxy) is 2. The van der Waals surface area contributed by atoms with Crippen LogP contribution in [0.5, 0.6) is 11.5 Å². The summed E-state index contributed by atoms with van der Waals surface area (Å²) in [6.45, 7) is 2.10. The van der Waals surface area contributed by atoms with E-state index in [4.69, 9.17) is 21.1 Å². The Balaban J connectivity index is 1.31. The van der Waals surface area contributed by atoms with Crippen LogP contribution >= 0.6 is 23.4 Å². The quantitative estimate of drug-likeness (QED) is 0.300. The van der Waals surface area contributed by atoms with Crippen molar-refractivity contribution >= 4 is 68.8 Å². The molecule has 8 nitrogen and oxygen atoms in total. The van der Waals surface area contributed by atoms with Crippen molar-refractivity contribution < 1.29 is 23.9 Å². The molecule has 6 rings (SSSR count). The van der Waals surface area contributed by atoms with Crippen molar-refractivity contribution in [1.82, 2.24) is 4.57 Å². The molecule has 1 fully saturated rings. The third-order valence-electron chi connectivity index (χ3n) is 6.37. The number of para-hydroxylation sites is 1. The zero-order valence-corrected chi connectivity index (χ0v) is 21.6. The summed E-state index contributed by atoms with van der Waals surface area (Å²) in [5.74, 6) is 0.582. The number of imide groups is 1. The summed E-state index contributed by atoms with van der Waals surface area (Å²) in [6.07, 6.45) is 1.72. The molecular formula is C28H20ClN3O5S. The number of benzene rings is 3. The molecule has 3 heterocycles. The number of halogens is 1. The number of rotatable bonds is 5. The number of carbonyl (C=O) groups excluding carboxylic acids is 3. The molecule has 1 saturated heterocycles. The number of hydrogen-bond acceptors (Lipinski definition) is 6. The van der Waals surface area contributed by atoms with E-state index in [-0.39, 0.29) is 19.2 Å². The van der Waals surface area contributed by atoms with Crippen LogP contribution in [0.25, 0.3) is 17.0 Å². The second-order valence-electron chi connectivity index (χ2n) is 8.72. The van der Waals surface area contributed by atoms with Gasteiger partial charge in [0.15, 0.2) is 11.5 Å². The van der Waals surface area contributed by atoms with Gasteiger partial charge in [0.1, 0.15) is 6.54 Å². The first kappa shape index (κ1) is 24.1. The molecule has 3 amide bonds. The number of amides is 3. The molecule has 0 bridgehead atoms. The second-order valence-corrected chi connectivity index (χ2v) is 10.1. The summed E-state index contributed by atoms with van der Waals surface area (Å²) in [7, 11) is 0. The Morgan fingerprint density at radius 1 is 1.05 bits per heavy atom. The van der Waals surface area contributed by atoms with E-state index in [1.165, 1.54) is 0 Å². The fourth-order valence-electron chi connectivity index (χ4n) is 4.60. The summed E-state index contributed by atoms with van der Waals surface area (Å²) in [4.78, 5) is 40.4. The van der Waals surface area contributed by atoms with Crippen molar-refractivity contribution in [3.05, 3.63) is 87.9 Å². The average molecular weight is 546 g/mol. The van der Waals surface area contributed by atoms with Crippen LogP contribution in [-0.2, 0) is 16.1 Å². The standard InChI is InChI=1S/C28H20ClN3O5S/c1-16-21(13-25-27(34)32(28(35)38-25)19-6-4-5-17(29)11-19)20-7-2-3-8-22(20)31(16)14-26(33)30-18-9-10-23-24(12-18)37-15-36-23/h2-13H,14-15H2,1H3,(H,30,33)/b25-13+. The number of nitrogens with one attached hydrogen (secondary N) is 1. The number of hydrogen-bond donors (Lipinski definition) is 1. The molecule has 38 heavy (non-hydrogen) atoms. The maximum absolute atomic E-state index is 13.2. The van der Waals surface area contributed by atoms with Gasteiger partial charge in [-0.3, -0.25) is 14.4 Å². The largest absolute Gasteiger partial charge is 0.454 e. The molecule has 10 heteroatoms. The first-order chi connectivity index (χ1) is 18.4. The predicted octanol–water partition coefficient (Wildman–Crippen LogP) is 6.21. The molecule has 0 aliphatic carbocycles. The smallest absolute Gasteiger partial charge is 0.298 e. The second kappa shape index (κ2) is 9.59. The van der Waals surface area contributed by atoms with Gasteiger partial charge < -0.3 is 19.4 Å². The minimum Gasteiger partial charge on any atom is -0.454 e. The molecule has 2 aliphatic heterocycles. The highest BCUT2D eigenvalue weighted by molar-refractivity contribution is 8.19. The monoisotopic (exact) mass is 545 g/mol. The number of aromatic nitrogens is 1. The average Bonchev–Trinajstić information content (AvgIpc) is 3.55. The van der Waals surface area contributed by atoms with Crippen LogP contribution in [0, 0.1) is 6.92 Å². The fraction of sp³-hybridized carbons (Fsp3) is 0.107. The van der Waals surface area contributed by atoms with Gasteiger partial charge >= 0.3 is 0 Å². The van der Waals surface area contributed by atoms with Gasteiger partial charge in [-0.25, -0.2) is 4.90 Å². The molecule has 1 N–H and O–H groups in total. The summed E-state index contributed by atoms with van der Waals surface area (Å²) >= 11 is 6.95. The minimum atomic E-state index is -0.418. The molecule has 0 atom stereocenters. The Morgan fingerprint density at radius 2 is 1.87 bits per heavy atom. The highest BCUT2D eigenvalue weighted by atomic mass is 35.5. The Kier molecular flexibility index (Phi) is 6.09. The predicted molar refractivity (Wildman–Crippen MR) is 148 cm³/mol. The minimum absolute atomic E-state index is 0.0542. The lowest BCUT2D eigenvalue weighted by atomic mass is 10.1. The Labute approximate surface area is 226 Å². The SMILES string of the molecule is Cc1c(/C=C2/SC(=O)N(c3cccc(Cl)c3)C2=O)c2ccccc2n1CC(=O)Nc1ccc2c(c1)OCO2. The Hall–Kier alpha value is -4.21. The number of anilines is 2. The van der Waals surface area contributed by atoms with E-state index in [1.807, 2.05) is 35.8 Å². The van der Waals surface area contributed by atoms with Crippen LogP contribution in [0.15, 0.2) is 71.6 Å². The van der Waals surface area contributed by atoms with Gasteiger partial charge in [0.25, 0.3) is 11.1 Å². The lowest BCUT2D eigenvalue weighted by Gasteiger charge is -2.12. The molecule has 0 spiro atoms. The molecule has 4 aromatic rings. The molecule has 3 aromatic carbocycles. The Bertz CT molecular complexity index is 1680. The first-order valence-electron chi connectivity index (χ1n) is 11.7. The maximum Gasteiger partial charge on any atom is 0.298 e. The third kappa shape index (κ3) is 4.29. The van der Waals surface area contributed by atoms with Gasteiger partial charge in [0.2, 0.25) is 12.7 Å². The molecule has 2 aliphatic rings. The van der Waals surface area contributed by atoms with Crippen LogP contribution in [0.4, 0.5) is 16.2 Å². The molecule has 0 unspecified atom stereocenters. The van der Waals surface area contributed by atoms with Crippen molar-refractivity contribution in [3.63, 3.8) is 0 Å². The van der Waals surface area contributed by atoms with E-state index < -0.39 is 11.1 Å². The zero-order valence-electron chi connectivity index (χ0n) is 20.1. The van der Waals surface area contributed by atoms with Crippen molar-refractivity contribution in [3.8, 4) is 11.5 Å². The van der Waals surface area contributed by atoms with E-state index in [0.29, 0.717) is 32.8 Å². The summed E-state index contributed by atoms with van der Waals surface area (Å²) < 4.78 is 12.6. The van der Waals surface area contributed by atoms with E-state index in [2.05, 4.69) is 5.32 Å². The zero-order chi connectivity index (χ0) is 26.4. The summed E-state index contributed by atoms with van der Waals surface area (Å²) in [5, 5.41) is 3.81. The van der Waals surface area contributed by atoms with Crippen molar-refractivity contribution in [2.45, 2.75) is 13.5 Å². The normalized spacial score (nSPS) is 15.6. The van der Waals surface area contributed by atoms with Gasteiger partial charge in [0, 0.05) is 38.9 Å². The van der Waals surface area contributed by atoms with Crippen LogP contribution in [0.1, 0.15) is 11.3 Å². The van der Waals surface area contributed by atoms with Crippen molar-refractivity contribution in [1.29, 1.82) is 0 Å². The van der Waals surface area contributed by atoms with E-state index in [0.717, 1.165) is 38.8 Å². The van der Waals surface area contributed by atoms with Crippen molar-refractivity contribution in [2.75, 3.05) is 17.0 Å². The number of nitrogens with zero attached hydrogens (tertiary/aromatic N) is 2. The van der Waals surface area contributed by atoms with Crippen molar-refractivity contribution in [2.24, 2.45) is 0 Å². The van der Waals surface area contributed by atoms with Gasteiger partial charge in [-0.15, -0.1) is 0 Å². The van der Waals surface area contributed by atoms with Gasteiger partial charge in [-0.05, 0) is 61.2 Å². The number of thioether (sulfide) groups is 1.